The van der Waals surface area contributed by atoms with Crippen molar-refractivity contribution in [3.8, 4) is 11.5 Å². The van der Waals surface area contributed by atoms with Crippen molar-refractivity contribution in [2.45, 2.75) is 6.42 Å². The minimum atomic E-state index is -0.266. The average Bonchev–Trinajstić information content (AvgIpc) is 2.94. The van der Waals surface area contributed by atoms with Gasteiger partial charge in [-0.3, -0.25) is 10.1 Å². The van der Waals surface area contributed by atoms with Crippen LogP contribution in [0.4, 0.5) is 5.13 Å². The van der Waals surface area contributed by atoms with E-state index in [4.69, 9.17) is 9.47 Å². The zero-order valence-corrected chi connectivity index (χ0v) is 14.0. The summed E-state index contributed by atoms with van der Waals surface area (Å²) in [6, 6.07) is 4.97. The van der Waals surface area contributed by atoms with Crippen LogP contribution in [0.3, 0.4) is 0 Å². The third-order valence-electron chi connectivity index (χ3n) is 2.64. The molecule has 0 aliphatic heterocycles. The Morgan fingerprint density at radius 2 is 2.05 bits per heavy atom. The van der Waals surface area contributed by atoms with Crippen LogP contribution < -0.4 is 14.8 Å². The predicted molar refractivity (Wildman–Crippen MR) is 84.9 cm³/mol. The summed E-state index contributed by atoms with van der Waals surface area (Å²) in [5.41, 5.74) is 0.463. The zero-order chi connectivity index (χ0) is 15.2. The van der Waals surface area contributed by atoms with Gasteiger partial charge in [0, 0.05) is 17.3 Å². The lowest BCUT2D eigenvalue weighted by atomic mass is 10.2. The van der Waals surface area contributed by atoms with E-state index in [2.05, 4.69) is 31.4 Å². The van der Waals surface area contributed by atoms with Crippen LogP contribution in [-0.2, 0) is 6.42 Å². The molecule has 0 fully saturated rings. The van der Waals surface area contributed by atoms with Crippen molar-refractivity contribution in [1.29, 1.82) is 0 Å². The van der Waals surface area contributed by atoms with Gasteiger partial charge in [0.15, 0.2) is 11.5 Å². The highest BCUT2D eigenvalue weighted by Gasteiger charge is 2.13. The number of halogens is 1. The minimum absolute atomic E-state index is 0.266. The highest BCUT2D eigenvalue weighted by Crippen LogP contribution is 2.28. The Morgan fingerprint density at radius 3 is 2.71 bits per heavy atom. The molecule has 0 atom stereocenters. The number of carbonyl (C=O) groups is 1. The van der Waals surface area contributed by atoms with Gasteiger partial charge in [-0.25, -0.2) is 0 Å². The lowest BCUT2D eigenvalue weighted by Gasteiger charge is -2.08. The van der Waals surface area contributed by atoms with E-state index in [9.17, 15) is 4.79 Å². The number of carbonyl (C=O) groups excluding carboxylic acids is 1. The molecule has 1 aromatic heterocycles. The van der Waals surface area contributed by atoms with Crippen LogP contribution >= 0.6 is 27.3 Å². The molecule has 0 aliphatic carbocycles. The van der Waals surface area contributed by atoms with Crippen LogP contribution in [0.25, 0.3) is 0 Å². The van der Waals surface area contributed by atoms with Crippen LogP contribution in [0, 0.1) is 0 Å². The number of hydrogen-bond donors (Lipinski definition) is 1. The standard InChI is InChI=1S/C13H14BrN3O3S/c1-19-9-4-3-8(7-10(9)20-2)12(18)15-13-17-16-11(21-13)5-6-14/h3-4,7H,5-6H2,1-2H3,(H,15,17,18). The number of alkyl halides is 1. The first-order valence-corrected chi connectivity index (χ1v) is 8.03. The number of anilines is 1. The fourth-order valence-electron chi connectivity index (χ4n) is 1.63. The SMILES string of the molecule is COc1ccc(C(=O)Nc2nnc(CCBr)s2)cc1OC. The molecule has 0 saturated carbocycles. The highest BCUT2D eigenvalue weighted by molar-refractivity contribution is 9.09. The first-order chi connectivity index (χ1) is 10.2. The molecule has 0 bridgehead atoms. The van der Waals surface area contributed by atoms with Gasteiger partial charge in [-0.05, 0) is 18.2 Å². The fourth-order valence-corrected chi connectivity index (χ4v) is 3.01. The molecule has 0 spiro atoms. The summed E-state index contributed by atoms with van der Waals surface area (Å²) in [4.78, 5) is 12.2. The number of ether oxygens (including phenoxy) is 2. The second kappa shape index (κ2) is 7.37. The van der Waals surface area contributed by atoms with Crippen LogP contribution in [0.1, 0.15) is 15.4 Å². The molecule has 0 aliphatic rings. The van der Waals surface area contributed by atoms with E-state index >= 15 is 0 Å². The van der Waals surface area contributed by atoms with Gasteiger partial charge < -0.3 is 9.47 Å². The lowest BCUT2D eigenvalue weighted by Crippen LogP contribution is -2.11. The van der Waals surface area contributed by atoms with Gasteiger partial charge in [0.05, 0.1) is 14.2 Å². The third-order valence-corrected chi connectivity index (χ3v) is 3.94. The highest BCUT2D eigenvalue weighted by atomic mass is 79.9. The number of rotatable bonds is 6. The largest absolute Gasteiger partial charge is 0.493 e. The first kappa shape index (κ1) is 15.7. The quantitative estimate of drug-likeness (QED) is 0.790. The summed E-state index contributed by atoms with van der Waals surface area (Å²) in [7, 11) is 3.07. The van der Waals surface area contributed by atoms with Crippen molar-refractivity contribution in [3.05, 3.63) is 28.8 Å². The van der Waals surface area contributed by atoms with Crippen LogP contribution in [0.5, 0.6) is 11.5 Å². The van der Waals surface area contributed by atoms with Crippen molar-refractivity contribution in [1.82, 2.24) is 10.2 Å². The second-order valence-corrected chi connectivity index (χ2v) is 5.82. The number of hydrogen-bond acceptors (Lipinski definition) is 6. The van der Waals surface area contributed by atoms with Crippen molar-refractivity contribution in [3.63, 3.8) is 0 Å². The number of amides is 1. The number of nitrogens with one attached hydrogen (secondary N) is 1. The van der Waals surface area contributed by atoms with Gasteiger partial charge >= 0.3 is 0 Å². The van der Waals surface area contributed by atoms with E-state index in [0.717, 1.165) is 16.8 Å². The number of nitrogens with zero attached hydrogens (tertiary/aromatic N) is 2. The van der Waals surface area contributed by atoms with Crippen molar-refractivity contribution >= 4 is 38.3 Å². The summed E-state index contributed by atoms with van der Waals surface area (Å²) in [5.74, 6) is 0.810. The second-order valence-electron chi connectivity index (χ2n) is 3.96. The van der Waals surface area contributed by atoms with E-state index in [-0.39, 0.29) is 5.91 Å². The van der Waals surface area contributed by atoms with E-state index in [1.54, 1.807) is 25.3 Å². The van der Waals surface area contributed by atoms with Crippen molar-refractivity contribution in [2.75, 3.05) is 24.9 Å². The zero-order valence-electron chi connectivity index (χ0n) is 11.6. The third kappa shape index (κ3) is 3.92. The Bertz CT molecular complexity index is 633. The molecule has 0 unspecified atom stereocenters. The molecule has 2 rings (SSSR count). The Labute approximate surface area is 134 Å². The van der Waals surface area contributed by atoms with Gasteiger partial charge in [-0.15, -0.1) is 10.2 Å². The molecule has 0 radical (unpaired) electrons. The summed E-state index contributed by atoms with van der Waals surface area (Å²) in [5, 5.41) is 12.8. The smallest absolute Gasteiger partial charge is 0.257 e. The van der Waals surface area contributed by atoms with E-state index < -0.39 is 0 Å². The molecule has 1 amide bonds. The molecule has 6 nitrogen and oxygen atoms in total. The van der Waals surface area contributed by atoms with Crippen LogP contribution in [0.15, 0.2) is 18.2 Å². The molecular formula is C13H14BrN3O3S. The number of methoxy groups -OCH3 is 2. The van der Waals surface area contributed by atoms with Crippen molar-refractivity contribution < 1.29 is 14.3 Å². The fraction of sp³-hybridized carbons (Fsp3) is 0.308. The maximum Gasteiger partial charge on any atom is 0.257 e. The number of aryl methyl sites for hydroxylation is 1. The van der Waals surface area contributed by atoms with Crippen LogP contribution in [-0.4, -0.2) is 35.7 Å². The lowest BCUT2D eigenvalue weighted by molar-refractivity contribution is 0.102. The van der Waals surface area contributed by atoms with E-state index in [1.807, 2.05) is 0 Å². The number of benzene rings is 1. The first-order valence-electron chi connectivity index (χ1n) is 6.09. The summed E-state index contributed by atoms with van der Waals surface area (Å²) in [6.45, 7) is 0. The normalized spacial score (nSPS) is 10.2. The van der Waals surface area contributed by atoms with Crippen LogP contribution in [0.2, 0.25) is 0 Å². The molecule has 8 heteroatoms. The van der Waals surface area contributed by atoms with Gasteiger partial charge in [0.2, 0.25) is 5.13 Å². The molecule has 112 valence electrons. The molecule has 1 N–H and O–H groups in total. The summed E-state index contributed by atoms with van der Waals surface area (Å²) < 4.78 is 10.3. The molecule has 1 aromatic carbocycles. The topological polar surface area (TPSA) is 73.3 Å². The maximum atomic E-state index is 12.2. The molecule has 2 aromatic rings. The van der Waals surface area contributed by atoms with Gasteiger partial charge in [-0.1, -0.05) is 27.3 Å². The minimum Gasteiger partial charge on any atom is -0.493 e. The van der Waals surface area contributed by atoms with Crippen molar-refractivity contribution in [2.24, 2.45) is 0 Å². The van der Waals surface area contributed by atoms with Gasteiger partial charge in [0.1, 0.15) is 5.01 Å². The predicted octanol–water partition coefficient (Wildman–Crippen LogP) is 2.75. The Hall–Kier alpha value is -1.67. The molecular weight excluding hydrogens is 358 g/mol. The van der Waals surface area contributed by atoms with E-state index in [1.165, 1.54) is 18.4 Å². The van der Waals surface area contributed by atoms with Gasteiger partial charge in [-0.2, -0.15) is 0 Å². The Morgan fingerprint density at radius 1 is 1.29 bits per heavy atom. The Kier molecular flexibility index (Phi) is 5.51. The molecule has 21 heavy (non-hydrogen) atoms. The summed E-state index contributed by atoms with van der Waals surface area (Å²) >= 11 is 4.70. The monoisotopic (exact) mass is 371 g/mol. The molecule has 0 saturated heterocycles. The molecule has 1 heterocycles. The summed E-state index contributed by atoms with van der Waals surface area (Å²) in [6.07, 6.45) is 0.782. The number of aromatic nitrogens is 2. The maximum absolute atomic E-state index is 12.2. The average molecular weight is 372 g/mol. The van der Waals surface area contributed by atoms with Gasteiger partial charge in [0.25, 0.3) is 5.91 Å². The van der Waals surface area contributed by atoms with E-state index in [0.29, 0.717) is 22.2 Å². The Balaban J connectivity index is 2.12.